The Morgan fingerprint density at radius 2 is 1.82 bits per heavy atom. The lowest BCUT2D eigenvalue weighted by atomic mass is 10.3. The average molecular weight is 262 g/mol. The summed E-state index contributed by atoms with van der Waals surface area (Å²) in [4.78, 5) is 0. The van der Waals surface area contributed by atoms with Crippen molar-refractivity contribution in [2.45, 2.75) is 11.0 Å². The smallest absolute Gasteiger partial charge is 0.0940 e. The summed E-state index contributed by atoms with van der Waals surface area (Å²) < 4.78 is 2.49. The lowest BCUT2D eigenvalue weighted by Gasteiger charge is -2.18. The van der Waals surface area contributed by atoms with Crippen LogP contribution in [0, 0.1) is 0 Å². The van der Waals surface area contributed by atoms with Crippen LogP contribution in [0.25, 0.3) is 5.69 Å². The number of rotatable bonds is 2. The summed E-state index contributed by atoms with van der Waals surface area (Å²) in [5, 5.41) is 4.68. The van der Waals surface area contributed by atoms with E-state index in [-0.39, 0.29) is 0 Å². The first-order valence-electron chi connectivity index (χ1n) is 5.78. The zero-order valence-electron chi connectivity index (χ0n) is 9.45. The summed E-state index contributed by atoms with van der Waals surface area (Å²) in [5.41, 5.74) is 2.33. The first-order chi connectivity index (χ1) is 8.43. The van der Waals surface area contributed by atoms with Gasteiger partial charge in [0.25, 0.3) is 0 Å². The van der Waals surface area contributed by atoms with Gasteiger partial charge in [0.1, 0.15) is 0 Å². The van der Waals surface area contributed by atoms with Crippen molar-refractivity contribution in [2.24, 2.45) is 0 Å². The Hall–Kier alpha value is -0.870. The van der Waals surface area contributed by atoms with Crippen molar-refractivity contribution in [3.63, 3.8) is 0 Å². The van der Waals surface area contributed by atoms with Crippen LogP contribution in [0.3, 0.4) is 0 Å². The molecule has 4 heteroatoms. The summed E-state index contributed by atoms with van der Waals surface area (Å²) in [6.07, 6.45) is 3.38. The van der Waals surface area contributed by atoms with Crippen molar-refractivity contribution in [3.05, 3.63) is 48.3 Å². The average Bonchev–Trinajstić information content (AvgIpc) is 2.90. The Kier molecular flexibility index (Phi) is 3.43. The van der Waals surface area contributed by atoms with Gasteiger partial charge in [-0.3, -0.25) is 0 Å². The van der Waals surface area contributed by atoms with Crippen LogP contribution in [-0.4, -0.2) is 21.3 Å². The molecule has 1 fully saturated rings. The van der Waals surface area contributed by atoms with Crippen LogP contribution in [0.1, 0.15) is 16.7 Å². The minimum atomic E-state index is 0.522. The Balaban J connectivity index is 1.83. The van der Waals surface area contributed by atoms with E-state index in [1.54, 1.807) is 0 Å². The zero-order chi connectivity index (χ0) is 11.5. The van der Waals surface area contributed by atoms with Gasteiger partial charge in [-0.25, -0.2) is 4.68 Å². The molecule has 1 aromatic carbocycles. The molecule has 0 saturated carbocycles. The van der Waals surface area contributed by atoms with Gasteiger partial charge >= 0.3 is 0 Å². The van der Waals surface area contributed by atoms with E-state index >= 15 is 0 Å². The number of hydrogen-bond acceptors (Lipinski definition) is 3. The van der Waals surface area contributed by atoms with Crippen molar-refractivity contribution in [1.29, 1.82) is 0 Å². The van der Waals surface area contributed by atoms with Crippen LogP contribution < -0.4 is 0 Å². The molecule has 0 N–H and O–H groups in total. The molecule has 0 atom stereocenters. The molecule has 3 rings (SSSR count). The quantitative estimate of drug-likeness (QED) is 0.821. The van der Waals surface area contributed by atoms with Gasteiger partial charge in [0, 0.05) is 6.20 Å². The SMILES string of the molecule is c1ccc(-n2ccc(C3SCCCS3)n2)cc1. The molecule has 0 unspecified atom stereocenters. The highest BCUT2D eigenvalue weighted by atomic mass is 32.2. The minimum absolute atomic E-state index is 0.522. The second-order valence-electron chi connectivity index (χ2n) is 3.95. The Bertz CT molecular complexity index is 475. The maximum absolute atomic E-state index is 4.68. The maximum Gasteiger partial charge on any atom is 0.0940 e. The van der Waals surface area contributed by atoms with Crippen LogP contribution in [0.4, 0.5) is 0 Å². The van der Waals surface area contributed by atoms with E-state index < -0.39 is 0 Å². The molecule has 0 spiro atoms. The normalized spacial score (nSPS) is 17.2. The number of hydrogen-bond donors (Lipinski definition) is 0. The van der Waals surface area contributed by atoms with Gasteiger partial charge in [0.05, 0.1) is 16.0 Å². The van der Waals surface area contributed by atoms with Crippen LogP contribution in [0.2, 0.25) is 0 Å². The molecule has 1 aromatic heterocycles. The van der Waals surface area contributed by atoms with Gasteiger partial charge < -0.3 is 0 Å². The van der Waals surface area contributed by atoms with Crippen LogP contribution >= 0.6 is 23.5 Å². The van der Waals surface area contributed by atoms with Crippen LogP contribution in [-0.2, 0) is 0 Å². The molecule has 2 heterocycles. The second kappa shape index (κ2) is 5.19. The van der Waals surface area contributed by atoms with Gasteiger partial charge in [-0.15, -0.1) is 23.5 Å². The standard InChI is InChI=1S/C13H14N2S2/c1-2-5-11(6-3-1)15-8-7-12(14-15)13-16-9-4-10-17-13/h1-3,5-8,13H,4,9-10H2. The van der Waals surface area contributed by atoms with Crippen molar-refractivity contribution in [1.82, 2.24) is 9.78 Å². The van der Waals surface area contributed by atoms with Crippen molar-refractivity contribution in [2.75, 3.05) is 11.5 Å². The van der Waals surface area contributed by atoms with Gasteiger partial charge in [-0.2, -0.15) is 5.10 Å². The summed E-state index contributed by atoms with van der Waals surface area (Å²) in [7, 11) is 0. The first kappa shape index (κ1) is 11.2. The number of nitrogens with zero attached hydrogens (tertiary/aromatic N) is 2. The lowest BCUT2D eigenvalue weighted by Crippen LogP contribution is -2.02. The van der Waals surface area contributed by atoms with Gasteiger partial charge in [0.2, 0.25) is 0 Å². The zero-order valence-corrected chi connectivity index (χ0v) is 11.1. The predicted octanol–water partition coefficient (Wildman–Crippen LogP) is 3.74. The van der Waals surface area contributed by atoms with Gasteiger partial charge in [0.15, 0.2) is 0 Å². The molecule has 1 aliphatic rings. The molecule has 2 nitrogen and oxygen atoms in total. The van der Waals surface area contributed by atoms with Gasteiger partial charge in [-0.1, -0.05) is 18.2 Å². The fourth-order valence-electron chi connectivity index (χ4n) is 1.85. The monoisotopic (exact) mass is 262 g/mol. The Morgan fingerprint density at radius 3 is 2.59 bits per heavy atom. The summed E-state index contributed by atoms with van der Waals surface area (Å²) in [6.45, 7) is 0. The summed E-state index contributed by atoms with van der Waals surface area (Å²) in [5.74, 6) is 2.52. The molecular weight excluding hydrogens is 248 g/mol. The van der Waals surface area contributed by atoms with E-state index in [9.17, 15) is 0 Å². The van der Waals surface area contributed by atoms with Crippen LogP contribution in [0.5, 0.6) is 0 Å². The fourth-order valence-corrected chi connectivity index (χ4v) is 4.63. The van der Waals surface area contributed by atoms with Crippen LogP contribution in [0.15, 0.2) is 42.6 Å². The third-order valence-corrected chi connectivity index (χ3v) is 5.65. The largest absolute Gasteiger partial charge is 0.241 e. The molecule has 0 amide bonds. The summed E-state index contributed by atoms with van der Waals surface area (Å²) >= 11 is 4.02. The summed E-state index contributed by atoms with van der Waals surface area (Å²) in [6, 6.07) is 12.4. The third kappa shape index (κ3) is 2.53. The number of benzene rings is 1. The fraction of sp³-hybridized carbons (Fsp3) is 0.308. The first-order valence-corrected chi connectivity index (χ1v) is 7.87. The minimum Gasteiger partial charge on any atom is -0.241 e. The van der Waals surface area contributed by atoms with E-state index in [1.165, 1.54) is 23.6 Å². The maximum atomic E-state index is 4.68. The van der Waals surface area contributed by atoms with Crippen molar-refractivity contribution in [3.8, 4) is 5.69 Å². The van der Waals surface area contributed by atoms with E-state index in [0.29, 0.717) is 4.58 Å². The number of thioether (sulfide) groups is 2. The molecule has 1 aliphatic heterocycles. The number of aromatic nitrogens is 2. The molecule has 0 bridgehead atoms. The van der Waals surface area contributed by atoms with E-state index in [4.69, 9.17) is 0 Å². The second-order valence-corrected chi connectivity index (χ2v) is 6.67. The van der Waals surface area contributed by atoms with Crippen molar-refractivity contribution >= 4 is 23.5 Å². The highest BCUT2D eigenvalue weighted by Crippen LogP contribution is 2.42. The molecule has 2 aromatic rings. The molecule has 1 saturated heterocycles. The molecule has 0 aliphatic carbocycles. The topological polar surface area (TPSA) is 17.8 Å². The highest BCUT2D eigenvalue weighted by Gasteiger charge is 2.18. The number of para-hydroxylation sites is 1. The molecule has 0 radical (unpaired) electrons. The third-order valence-electron chi connectivity index (χ3n) is 2.70. The Labute approximate surface area is 110 Å². The predicted molar refractivity (Wildman–Crippen MR) is 75.8 cm³/mol. The Morgan fingerprint density at radius 1 is 1.06 bits per heavy atom. The molecular formula is C13H14N2S2. The lowest BCUT2D eigenvalue weighted by molar-refractivity contribution is 0.856. The van der Waals surface area contributed by atoms with Crippen molar-refractivity contribution < 1.29 is 0 Å². The van der Waals surface area contributed by atoms with E-state index in [2.05, 4.69) is 29.5 Å². The molecule has 88 valence electrons. The highest BCUT2D eigenvalue weighted by molar-refractivity contribution is 8.16. The molecule has 17 heavy (non-hydrogen) atoms. The van der Waals surface area contributed by atoms with E-state index in [0.717, 1.165) is 5.69 Å². The van der Waals surface area contributed by atoms with E-state index in [1.807, 2.05) is 46.4 Å². The van der Waals surface area contributed by atoms with Gasteiger partial charge in [-0.05, 0) is 36.1 Å².